The van der Waals surface area contributed by atoms with Crippen molar-refractivity contribution in [3.63, 3.8) is 0 Å². The molecule has 0 heterocycles. The van der Waals surface area contributed by atoms with Crippen molar-refractivity contribution in [3.05, 3.63) is 11.0 Å². The summed E-state index contributed by atoms with van der Waals surface area (Å²) in [5.74, 6) is 0.897. The average molecular weight is 184 g/mol. The van der Waals surface area contributed by atoms with Gasteiger partial charge in [-0.05, 0) is 41.8 Å². The molecule has 1 unspecified atom stereocenters. The first-order chi connectivity index (χ1) is 5.54. The second-order valence-corrected chi connectivity index (χ2v) is 5.64. The summed E-state index contributed by atoms with van der Waals surface area (Å²) in [6, 6.07) is 0. The van der Waals surface area contributed by atoms with Crippen LogP contribution in [0.4, 0.5) is 0 Å². The summed E-state index contributed by atoms with van der Waals surface area (Å²) < 4.78 is 0. The molecule has 1 atom stereocenters. The second kappa shape index (κ2) is 3.87. The minimum absolute atomic E-state index is 0.500. The fourth-order valence-electron chi connectivity index (χ4n) is 1.78. The summed E-state index contributed by atoms with van der Waals surface area (Å²) in [7, 11) is 0. The lowest BCUT2D eigenvalue weighted by Gasteiger charge is -2.32. The molecule has 1 heteroatoms. The lowest BCUT2D eigenvalue weighted by Crippen LogP contribution is -2.21. The Kier molecular flexibility index (Phi) is 3.28. The fraction of sp³-hybridized carbons (Fsp3) is 0.818. The fourth-order valence-corrected chi connectivity index (χ4v) is 2.37. The van der Waals surface area contributed by atoms with E-state index in [0.29, 0.717) is 5.41 Å². The highest BCUT2D eigenvalue weighted by molar-refractivity contribution is 8.02. The first-order valence-corrected chi connectivity index (χ1v) is 5.99. The molecular weight excluding hydrogens is 164 g/mol. The van der Waals surface area contributed by atoms with Crippen molar-refractivity contribution in [3.8, 4) is 0 Å². The van der Waals surface area contributed by atoms with Crippen LogP contribution >= 0.6 is 11.8 Å². The molecule has 0 fully saturated rings. The SMILES string of the molecule is CSC1=CCC(C(C)(C)C)CC1. The van der Waals surface area contributed by atoms with Gasteiger partial charge < -0.3 is 0 Å². The van der Waals surface area contributed by atoms with E-state index in [4.69, 9.17) is 0 Å². The maximum atomic E-state index is 2.43. The van der Waals surface area contributed by atoms with E-state index >= 15 is 0 Å². The van der Waals surface area contributed by atoms with Gasteiger partial charge in [0, 0.05) is 0 Å². The van der Waals surface area contributed by atoms with Gasteiger partial charge in [0.1, 0.15) is 0 Å². The van der Waals surface area contributed by atoms with E-state index in [1.165, 1.54) is 19.3 Å². The molecule has 0 aromatic carbocycles. The highest BCUT2D eigenvalue weighted by Crippen LogP contribution is 2.38. The lowest BCUT2D eigenvalue weighted by atomic mass is 9.74. The van der Waals surface area contributed by atoms with Crippen LogP contribution in [-0.2, 0) is 0 Å². The second-order valence-electron chi connectivity index (χ2n) is 4.71. The molecule has 1 rings (SSSR count). The molecule has 0 bridgehead atoms. The van der Waals surface area contributed by atoms with Crippen LogP contribution in [0.25, 0.3) is 0 Å². The molecule has 70 valence electrons. The van der Waals surface area contributed by atoms with E-state index in [0.717, 1.165) is 5.92 Å². The zero-order chi connectivity index (χ0) is 9.19. The average Bonchev–Trinajstić information content (AvgIpc) is 2.03. The van der Waals surface area contributed by atoms with Gasteiger partial charge in [-0.25, -0.2) is 0 Å². The first-order valence-electron chi connectivity index (χ1n) is 4.77. The summed E-state index contributed by atoms with van der Waals surface area (Å²) in [6.45, 7) is 7.07. The number of thioether (sulfide) groups is 1. The molecule has 0 aromatic rings. The van der Waals surface area contributed by atoms with Crippen molar-refractivity contribution in [1.82, 2.24) is 0 Å². The predicted octanol–water partition coefficient (Wildman–Crippen LogP) is 4.08. The number of allylic oxidation sites excluding steroid dienone is 2. The zero-order valence-corrected chi connectivity index (χ0v) is 9.50. The third-order valence-corrected chi connectivity index (χ3v) is 3.75. The molecule has 0 radical (unpaired) electrons. The standard InChI is InChI=1S/C11H20S/c1-11(2,3)9-5-7-10(12-4)8-6-9/h7,9H,5-6,8H2,1-4H3. The van der Waals surface area contributed by atoms with Gasteiger partial charge in [0.05, 0.1) is 0 Å². The van der Waals surface area contributed by atoms with Crippen molar-refractivity contribution in [2.75, 3.05) is 6.26 Å². The van der Waals surface area contributed by atoms with Crippen LogP contribution in [0.3, 0.4) is 0 Å². The molecule has 0 N–H and O–H groups in total. The molecule has 0 aromatic heterocycles. The smallest absolute Gasteiger partial charge is 0.0140 e. The number of hydrogen-bond donors (Lipinski definition) is 0. The van der Waals surface area contributed by atoms with Gasteiger partial charge >= 0.3 is 0 Å². The first kappa shape index (κ1) is 10.2. The molecule has 0 saturated carbocycles. The minimum Gasteiger partial charge on any atom is -0.134 e. The Balaban J connectivity index is 2.52. The largest absolute Gasteiger partial charge is 0.134 e. The van der Waals surface area contributed by atoms with E-state index in [2.05, 4.69) is 33.1 Å². The van der Waals surface area contributed by atoms with Crippen molar-refractivity contribution >= 4 is 11.8 Å². The topological polar surface area (TPSA) is 0 Å². The normalized spacial score (nSPS) is 25.3. The van der Waals surface area contributed by atoms with Gasteiger partial charge in [0.25, 0.3) is 0 Å². The van der Waals surface area contributed by atoms with Crippen LogP contribution in [0.5, 0.6) is 0 Å². The Bertz CT molecular complexity index is 174. The van der Waals surface area contributed by atoms with E-state index in [-0.39, 0.29) is 0 Å². The number of hydrogen-bond acceptors (Lipinski definition) is 1. The van der Waals surface area contributed by atoms with Crippen molar-refractivity contribution in [2.45, 2.75) is 40.0 Å². The third kappa shape index (κ3) is 2.55. The molecule has 1 aliphatic carbocycles. The van der Waals surface area contributed by atoms with Gasteiger partial charge in [0.15, 0.2) is 0 Å². The Morgan fingerprint density at radius 3 is 2.42 bits per heavy atom. The Morgan fingerprint density at radius 1 is 1.42 bits per heavy atom. The van der Waals surface area contributed by atoms with E-state index in [9.17, 15) is 0 Å². The zero-order valence-electron chi connectivity index (χ0n) is 8.68. The minimum atomic E-state index is 0.500. The van der Waals surface area contributed by atoms with Crippen LogP contribution in [0, 0.1) is 11.3 Å². The van der Waals surface area contributed by atoms with Crippen molar-refractivity contribution in [1.29, 1.82) is 0 Å². The highest BCUT2D eigenvalue weighted by Gasteiger charge is 2.25. The summed E-state index contributed by atoms with van der Waals surface area (Å²) in [6.07, 6.45) is 8.60. The summed E-state index contributed by atoms with van der Waals surface area (Å²) in [5.41, 5.74) is 0.500. The van der Waals surface area contributed by atoms with E-state index in [1.54, 1.807) is 4.91 Å². The van der Waals surface area contributed by atoms with Gasteiger partial charge in [-0.15, -0.1) is 11.8 Å². The van der Waals surface area contributed by atoms with Gasteiger partial charge in [-0.2, -0.15) is 0 Å². The third-order valence-electron chi connectivity index (χ3n) is 2.86. The van der Waals surface area contributed by atoms with Crippen LogP contribution in [0.1, 0.15) is 40.0 Å². The summed E-state index contributed by atoms with van der Waals surface area (Å²) in [4.78, 5) is 1.59. The Morgan fingerprint density at radius 2 is 2.08 bits per heavy atom. The Hall–Kier alpha value is 0.0900. The monoisotopic (exact) mass is 184 g/mol. The molecule has 0 saturated heterocycles. The maximum Gasteiger partial charge on any atom is -0.0140 e. The highest BCUT2D eigenvalue weighted by atomic mass is 32.2. The van der Waals surface area contributed by atoms with Gasteiger partial charge in [0.2, 0.25) is 0 Å². The molecule has 12 heavy (non-hydrogen) atoms. The van der Waals surface area contributed by atoms with Crippen molar-refractivity contribution in [2.24, 2.45) is 11.3 Å². The maximum absolute atomic E-state index is 2.43. The van der Waals surface area contributed by atoms with Crippen LogP contribution in [-0.4, -0.2) is 6.26 Å². The molecular formula is C11H20S. The van der Waals surface area contributed by atoms with Gasteiger partial charge in [-0.1, -0.05) is 26.8 Å². The summed E-state index contributed by atoms with van der Waals surface area (Å²) in [5, 5.41) is 0. The van der Waals surface area contributed by atoms with E-state index < -0.39 is 0 Å². The lowest BCUT2D eigenvalue weighted by molar-refractivity contribution is 0.222. The molecule has 0 spiro atoms. The molecule has 0 aliphatic heterocycles. The molecule has 0 amide bonds. The summed E-state index contributed by atoms with van der Waals surface area (Å²) >= 11 is 1.92. The predicted molar refractivity (Wildman–Crippen MR) is 58.4 cm³/mol. The van der Waals surface area contributed by atoms with Crippen LogP contribution < -0.4 is 0 Å². The molecule has 1 aliphatic rings. The quantitative estimate of drug-likeness (QED) is 0.591. The van der Waals surface area contributed by atoms with Crippen molar-refractivity contribution < 1.29 is 0 Å². The van der Waals surface area contributed by atoms with Gasteiger partial charge in [-0.3, -0.25) is 0 Å². The van der Waals surface area contributed by atoms with Crippen LogP contribution in [0.15, 0.2) is 11.0 Å². The van der Waals surface area contributed by atoms with E-state index in [1.807, 2.05) is 11.8 Å². The Labute approximate surface area is 80.8 Å². The molecule has 0 nitrogen and oxygen atoms in total. The van der Waals surface area contributed by atoms with Crippen LogP contribution in [0.2, 0.25) is 0 Å². The number of rotatable bonds is 1.